The normalized spacial score (nSPS) is 10.6. The maximum Gasteiger partial charge on any atom is 0.159 e. The van der Waals surface area contributed by atoms with Crippen molar-refractivity contribution in [2.75, 3.05) is 6.61 Å². The van der Waals surface area contributed by atoms with E-state index in [0.717, 1.165) is 28.4 Å². The van der Waals surface area contributed by atoms with Gasteiger partial charge in [-0.1, -0.05) is 19.8 Å². The van der Waals surface area contributed by atoms with E-state index in [-0.39, 0.29) is 0 Å². The van der Waals surface area contributed by atoms with Crippen LogP contribution in [0, 0.1) is 10.9 Å². The third kappa shape index (κ3) is 3.91. The number of hydrogen-bond acceptors (Lipinski definition) is 3. The summed E-state index contributed by atoms with van der Waals surface area (Å²) < 4.78 is 6.54. The lowest BCUT2D eigenvalue weighted by Gasteiger charge is -2.06. The van der Waals surface area contributed by atoms with Crippen LogP contribution in [0.3, 0.4) is 0 Å². The molecule has 1 N–H and O–H groups in total. The largest absolute Gasteiger partial charge is 0.494 e. The zero-order valence-electron chi connectivity index (χ0n) is 11.4. The predicted octanol–water partition coefficient (Wildman–Crippen LogP) is 5.35. The van der Waals surface area contributed by atoms with Crippen molar-refractivity contribution in [2.45, 2.75) is 33.1 Å². The molecule has 0 aliphatic rings. The van der Waals surface area contributed by atoms with Gasteiger partial charge in [-0.15, -0.1) is 11.3 Å². The standard InChI is InChI=1S/C15H19NOS2/c1-3-4-5-10-17-13-8-6-12(7-9-13)14-11(2)16-15(18)19-14/h6-9H,3-5,10H2,1-2H3,(H,16,18). The van der Waals surface area contributed by atoms with E-state index in [2.05, 4.69) is 31.0 Å². The molecule has 0 aliphatic carbocycles. The molecule has 0 fully saturated rings. The van der Waals surface area contributed by atoms with Crippen molar-refractivity contribution in [2.24, 2.45) is 0 Å². The van der Waals surface area contributed by atoms with E-state index in [4.69, 9.17) is 17.0 Å². The molecule has 0 bridgehead atoms. The van der Waals surface area contributed by atoms with Crippen LogP contribution in [0.5, 0.6) is 5.75 Å². The Morgan fingerprint density at radius 2 is 1.95 bits per heavy atom. The number of aromatic amines is 1. The first kappa shape index (κ1) is 14.3. The number of thiazole rings is 1. The minimum Gasteiger partial charge on any atom is -0.494 e. The third-order valence-electron chi connectivity index (χ3n) is 2.96. The first-order chi connectivity index (χ1) is 9.20. The molecule has 0 radical (unpaired) electrons. The molecule has 0 aliphatic heterocycles. The number of benzene rings is 1. The van der Waals surface area contributed by atoms with E-state index in [0.29, 0.717) is 0 Å². The van der Waals surface area contributed by atoms with Gasteiger partial charge in [0.15, 0.2) is 3.95 Å². The van der Waals surface area contributed by atoms with E-state index in [1.807, 2.05) is 12.1 Å². The number of hydrogen-bond donors (Lipinski definition) is 1. The van der Waals surface area contributed by atoms with Gasteiger partial charge in [0.05, 0.1) is 11.5 Å². The maximum atomic E-state index is 5.71. The van der Waals surface area contributed by atoms with Gasteiger partial charge in [0.2, 0.25) is 0 Å². The topological polar surface area (TPSA) is 25.0 Å². The van der Waals surface area contributed by atoms with E-state index in [1.165, 1.54) is 23.3 Å². The lowest BCUT2D eigenvalue weighted by molar-refractivity contribution is 0.306. The Morgan fingerprint density at radius 1 is 1.21 bits per heavy atom. The van der Waals surface area contributed by atoms with E-state index in [9.17, 15) is 0 Å². The summed E-state index contributed by atoms with van der Waals surface area (Å²) >= 11 is 6.78. The highest BCUT2D eigenvalue weighted by Crippen LogP contribution is 2.29. The van der Waals surface area contributed by atoms with Gasteiger partial charge in [0.25, 0.3) is 0 Å². The summed E-state index contributed by atoms with van der Waals surface area (Å²) in [6.07, 6.45) is 3.57. The second-order valence-corrected chi connectivity index (χ2v) is 6.24. The van der Waals surface area contributed by atoms with Crippen LogP contribution in [0.25, 0.3) is 10.4 Å². The molecule has 2 aromatic rings. The molecule has 0 saturated heterocycles. The number of nitrogens with one attached hydrogen (secondary N) is 1. The highest BCUT2D eigenvalue weighted by atomic mass is 32.1. The molecule has 0 spiro atoms. The Balaban J connectivity index is 2.02. The zero-order valence-corrected chi connectivity index (χ0v) is 13.0. The number of ether oxygens (including phenoxy) is 1. The van der Waals surface area contributed by atoms with Gasteiger partial charge in [0, 0.05) is 5.69 Å². The zero-order chi connectivity index (χ0) is 13.7. The Labute approximate surface area is 123 Å². The first-order valence-corrected chi connectivity index (χ1v) is 7.86. The van der Waals surface area contributed by atoms with Crippen molar-refractivity contribution in [1.82, 2.24) is 4.98 Å². The van der Waals surface area contributed by atoms with Crippen LogP contribution >= 0.6 is 23.6 Å². The van der Waals surface area contributed by atoms with Gasteiger partial charge >= 0.3 is 0 Å². The maximum absolute atomic E-state index is 5.71. The molecule has 1 aromatic heterocycles. The highest BCUT2D eigenvalue weighted by molar-refractivity contribution is 7.73. The second-order valence-electron chi connectivity index (χ2n) is 4.55. The Kier molecular flexibility index (Phi) is 5.16. The SMILES string of the molecule is CCCCCOc1ccc(-c2sc(=S)[nH]c2C)cc1. The van der Waals surface area contributed by atoms with Crippen LogP contribution in [0.1, 0.15) is 31.9 Å². The average Bonchev–Trinajstić information content (AvgIpc) is 2.75. The summed E-state index contributed by atoms with van der Waals surface area (Å²) in [5.74, 6) is 0.941. The molecule has 1 heterocycles. The molecule has 1 aromatic carbocycles. The van der Waals surface area contributed by atoms with Crippen molar-refractivity contribution >= 4 is 23.6 Å². The Bertz CT molecular complexity index is 569. The average molecular weight is 293 g/mol. The summed E-state index contributed by atoms with van der Waals surface area (Å²) in [6, 6.07) is 8.25. The minimum atomic E-state index is 0.801. The second kappa shape index (κ2) is 6.87. The predicted molar refractivity (Wildman–Crippen MR) is 84.7 cm³/mol. The molecule has 0 unspecified atom stereocenters. The van der Waals surface area contributed by atoms with Gasteiger partial charge in [-0.25, -0.2) is 0 Å². The number of aryl methyl sites for hydroxylation is 1. The van der Waals surface area contributed by atoms with Gasteiger partial charge in [-0.3, -0.25) is 0 Å². The van der Waals surface area contributed by atoms with Gasteiger partial charge in [0.1, 0.15) is 5.75 Å². The summed E-state index contributed by atoms with van der Waals surface area (Å²) in [4.78, 5) is 4.38. The fourth-order valence-corrected chi connectivity index (χ4v) is 3.18. The molecule has 0 saturated carbocycles. The smallest absolute Gasteiger partial charge is 0.159 e. The summed E-state index contributed by atoms with van der Waals surface area (Å²) in [6.45, 7) is 5.05. The molecule has 2 nitrogen and oxygen atoms in total. The Hall–Kier alpha value is -1.13. The molecular weight excluding hydrogens is 274 g/mol. The number of unbranched alkanes of at least 4 members (excludes halogenated alkanes) is 2. The fraction of sp³-hybridized carbons (Fsp3) is 0.400. The van der Waals surface area contributed by atoms with Crippen LogP contribution in [-0.2, 0) is 0 Å². The lowest BCUT2D eigenvalue weighted by Crippen LogP contribution is -1.96. The van der Waals surface area contributed by atoms with Crippen molar-refractivity contribution in [3.8, 4) is 16.2 Å². The summed E-state index contributed by atoms with van der Waals surface area (Å²) in [5, 5.41) is 0. The van der Waals surface area contributed by atoms with E-state index < -0.39 is 0 Å². The van der Waals surface area contributed by atoms with Crippen LogP contribution < -0.4 is 4.74 Å². The quantitative estimate of drug-likeness (QED) is 0.573. The van der Waals surface area contributed by atoms with Gasteiger partial charge in [-0.05, 0) is 55.4 Å². The number of aromatic nitrogens is 1. The van der Waals surface area contributed by atoms with Crippen LogP contribution in [0.4, 0.5) is 0 Å². The fourth-order valence-electron chi connectivity index (χ4n) is 1.92. The van der Waals surface area contributed by atoms with Crippen molar-refractivity contribution in [3.63, 3.8) is 0 Å². The lowest BCUT2D eigenvalue weighted by atomic mass is 10.1. The molecule has 4 heteroatoms. The number of rotatable bonds is 6. The first-order valence-electron chi connectivity index (χ1n) is 6.63. The number of H-pyrrole nitrogens is 1. The molecular formula is C15H19NOS2. The summed E-state index contributed by atoms with van der Waals surface area (Å²) in [7, 11) is 0. The van der Waals surface area contributed by atoms with Gasteiger partial charge < -0.3 is 9.72 Å². The van der Waals surface area contributed by atoms with Crippen LogP contribution in [0.2, 0.25) is 0 Å². The molecule has 0 atom stereocenters. The van der Waals surface area contributed by atoms with Crippen molar-refractivity contribution < 1.29 is 4.74 Å². The Morgan fingerprint density at radius 3 is 2.53 bits per heavy atom. The van der Waals surface area contributed by atoms with E-state index >= 15 is 0 Å². The van der Waals surface area contributed by atoms with Crippen molar-refractivity contribution in [3.05, 3.63) is 33.9 Å². The monoisotopic (exact) mass is 293 g/mol. The van der Waals surface area contributed by atoms with Crippen molar-refractivity contribution in [1.29, 1.82) is 0 Å². The van der Waals surface area contributed by atoms with E-state index in [1.54, 1.807) is 11.3 Å². The highest BCUT2D eigenvalue weighted by Gasteiger charge is 2.05. The summed E-state index contributed by atoms with van der Waals surface area (Å²) in [5.41, 5.74) is 2.32. The molecule has 2 rings (SSSR count). The molecule has 0 amide bonds. The van der Waals surface area contributed by atoms with Gasteiger partial charge in [-0.2, -0.15) is 0 Å². The molecule has 19 heavy (non-hydrogen) atoms. The van der Waals surface area contributed by atoms with Crippen LogP contribution in [-0.4, -0.2) is 11.6 Å². The third-order valence-corrected chi connectivity index (χ3v) is 4.34. The molecule has 102 valence electrons. The van der Waals surface area contributed by atoms with Crippen LogP contribution in [0.15, 0.2) is 24.3 Å². The minimum absolute atomic E-state index is 0.801.